The van der Waals surface area contributed by atoms with E-state index in [1.807, 2.05) is 65.7 Å². The maximum Gasteiger partial charge on any atom is 0.254 e. The van der Waals surface area contributed by atoms with Crippen LogP contribution in [0.3, 0.4) is 0 Å². The number of nitrogens with zero attached hydrogens (tertiary/aromatic N) is 6. The van der Waals surface area contributed by atoms with E-state index in [0.29, 0.717) is 37.3 Å². The van der Waals surface area contributed by atoms with Crippen molar-refractivity contribution in [1.29, 1.82) is 10.5 Å². The van der Waals surface area contributed by atoms with Gasteiger partial charge in [-0.25, -0.2) is 0 Å². The molecule has 0 spiro atoms. The second kappa shape index (κ2) is 11.1. The maximum absolute atomic E-state index is 13.8. The van der Waals surface area contributed by atoms with Gasteiger partial charge in [-0.15, -0.1) is 0 Å². The number of nitrogens with one attached hydrogen (secondary N) is 1. The Morgan fingerprint density at radius 3 is 1.93 bits per heavy atom. The second-order valence-electron chi connectivity index (χ2n) is 10.4. The summed E-state index contributed by atoms with van der Waals surface area (Å²) in [4.78, 5) is 25.9. The van der Waals surface area contributed by atoms with Crippen LogP contribution in [0.5, 0.6) is 0 Å². The number of para-hydroxylation sites is 2. The van der Waals surface area contributed by atoms with Crippen molar-refractivity contribution in [2.75, 3.05) is 62.2 Å². The van der Waals surface area contributed by atoms with Crippen LogP contribution in [0, 0.1) is 22.7 Å². The summed E-state index contributed by atoms with van der Waals surface area (Å²) in [7, 11) is 0. The Bertz CT molecular complexity index is 1610. The van der Waals surface area contributed by atoms with Gasteiger partial charge in [0.05, 0.1) is 22.5 Å². The highest BCUT2D eigenvalue weighted by Crippen LogP contribution is 2.26. The van der Waals surface area contributed by atoms with Gasteiger partial charge in [-0.05, 0) is 48.0 Å². The molecule has 2 aliphatic rings. The van der Waals surface area contributed by atoms with Gasteiger partial charge >= 0.3 is 0 Å². The molecular weight excluding hydrogens is 498 g/mol. The number of hydrogen-bond donors (Lipinski definition) is 1. The molecule has 1 N–H and O–H groups in total. The monoisotopic (exact) mass is 529 g/mol. The number of piperazine rings is 2. The molecule has 8 nitrogen and oxygen atoms in total. The topological polar surface area (TPSA) is 93.4 Å². The van der Waals surface area contributed by atoms with Gasteiger partial charge in [-0.1, -0.05) is 24.3 Å². The first-order valence-corrected chi connectivity index (χ1v) is 13.7. The Kier molecular flexibility index (Phi) is 7.09. The molecule has 4 aromatic rings. The van der Waals surface area contributed by atoms with Crippen LogP contribution in [-0.4, -0.2) is 73.0 Å². The van der Waals surface area contributed by atoms with Gasteiger partial charge < -0.3 is 19.7 Å². The molecule has 3 heterocycles. The fourth-order valence-electron chi connectivity index (χ4n) is 5.91. The molecule has 0 aliphatic carbocycles. The van der Waals surface area contributed by atoms with Crippen LogP contribution < -0.4 is 9.80 Å². The van der Waals surface area contributed by atoms with Gasteiger partial charge in [-0.3, -0.25) is 9.69 Å². The van der Waals surface area contributed by atoms with E-state index in [0.717, 1.165) is 66.1 Å². The molecule has 0 saturated carbocycles. The zero-order valence-electron chi connectivity index (χ0n) is 22.4. The van der Waals surface area contributed by atoms with Crippen molar-refractivity contribution in [3.8, 4) is 12.1 Å². The third-order valence-electron chi connectivity index (χ3n) is 8.03. The Hall–Kier alpha value is -4.79. The second-order valence-corrected chi connectivity index (χ2v) is 10.4. The summed E-state index contributed by atoms with van der Waals surface area (Å²) in [5, 5.41) is 19.9. The molecule has 0 unspecified atom stereocenters. The predicted molar refractivity (Wildman–Crippen MR) is 156 cm³/mol. The molecule has 200 valence electrons. The van der Waals surface area contributed by atoms with Crippen molar-refractivity contribution < 1.29 is 4.79 Å². The van der Waals surface area contributed by atoms with Gasteiger partial charge in [0.25, 0.3) is 5.91 Å². The van der Waals surface area contributed by atoms with Crippen molar-refractivity contribution in [2.45, 2.75) is 6.54 Å². The number of rotatable bonds is 5. The highest BCUT2D eigenvalue weighted by Gasteiger charge is 2.26. The van der Waals surface area contributed by atoms with E-state index in [4.69, 9.17) is 0 Å². The number of hydrogen-bond acceptors (Lipinski definition) is 6. The van der Waals surface area contributed by atoms with Gasteiger partial charge in [0, 0.05) is 81.6 Å². The van der Waals surface area contributed by atoms with E-state index in [1.54, 1.807) is 0 Å². The van der Waals surface area contributed by atoms with E-state index in [1.165, 1.54) is 0 Å². The largest absolute Gasteiger partial charge is 0.368 e. The molecule has 6 rings (SSSR count). The highest BCUT2D eigenvalue weighted by atomic mass is 16.2. The minimum Gasteiger partial charge on any atom is -0.368 e. The summed E-state index contributed by atoms with van der Waals surface area (Å²) in [5.74, 6) is 0.0533. The van der Waals surface area contributed by atoms with E-state index < -0.39 is 0 Å². The SMILES string of the molecule is N#Cc1ccccc1N1CCN(Cc2cc(C(=O)N3CCN(c4ccccc4C#N)CC3)c3cc[nH]c3c2)CC1. The van der Waals surface area contributed by atoms with Crippen LogP contribution in [0.25, 0.3) is 10.9 Å². The zero-order chi connectivity index (χ0) is 27.5. The van der Waals surface area contributed by atoms with Crippen LogP contribution in [0.2, 0.25) is 0 Å². The molecule has 0 bridgehead atoms. The molecule has 2 saturated heterocycles. The number of aromatic nitrogens is 1. The van der Waals surface area contributed by atoms with Gasteiger partial charge in [0.1, 0.15) is 12.1 Å². The first kappa shape index (κ1) is 25.5. The van der Waals surface area contributed by atoms with Crippen molar-refractivity contribution in [3.05, 3.63) is 95.2 Å². The van der Waals surface area contributed by atoms with Crippen LogP contribution in [0.15, 0.2) is 72.9 Å². The number of benzene rings is 3. The van der Waals surface area contributed by atoms with E-state index in [9.17, 15) is 15.3 Å². The molecule has 8 heteroatoms. The lowest BCUT2D eigenvalue weighted by atomic mass is 10.0. The lowest BCUT2D eigenvalue weighted by Crippen LogP contribution is -2.49. The van der Waals surface area contributed by atoms with Crippen LogP contribution in [0.4, 0.5) is 11.4 Å². The first-order chi connectivity index (χ1) is 19.6. The predicted octanol–water partition coefficient (Wildman–Crippen LogP) is 4.20. The smallest absolute Gasteiger partial charge is 0.254 e. The van der Waals surface area contributed by atoms with Crippen molar-refractivity contribution in [3.63, 3.8) is 0 Å². The van der Waals surface area contributed by atoms with Crippen LogP contribution in [0.1, 0.15) is 27.0 Å². The molecule has 0 atom stereocenters. The lowest BCUT2D eigenvalue weighted by Gasteiger charge is -2.37. The molecule has 2 fully saturated rings. The van der Waals surface area contributed by atoms with Gasteiger partial charge in [-0.2, -0.15) is 10.5 Å². The summed E-state index contributed by atoms with van der Waals surface area (Å²) in [6.07, 6.45) is 1.90. The number of nitriles is 2. The minimum absolute atomic E-state index is 0.0533. The number of carbonyl (C=O) groups is 1. The highest BCUT2D eigenvalue weighted by molar-refractivity contribution is 6.06. The summed E-state index contributed by atoms with van der Waals surface area (Å²) in [6.45, 7) is 6.86. The molecule has 1 amide bonds. The first-order valence-electron chi connectivity index (χ1n) is 13.7. The van der Waals surface area contributed by atoms with Crippen LogP contribution in [-0.2, 0) is 6.54 Å². The van der Waals surface area contributed by atoms with Crippen molar-refractivity contribution in [1.82, 2.24) is 14.8 Å². The maximum atomic E-state index is 13.8. The lowest BCUT2D eigenvalue weighted by molar-refractivity contribution is 0.0748. The van der Waals surface area contributed by atoms with Crippen molar-refractivity contribution in [2.24, 2.45) is 0 Å². The third kappa shape index (κ3) is 4.98. The summed E-state index contributed by atoms with van der Waals surface area (Å²) in [5.41, 5.74) is 6.14. The van der Waals surface area contributed by atoms with E-state index in [2.05, 4.69) is 44.0 Å². The minimum atomic E-state index is 0.0533. The van der Waals surface area contributed by atoms with Gasteiger partial charge in [0.15, 0.2) is 0 Å². The fourth-order valence-corrected chi connectivity index (χ4v) is 5.91. The quantitative estimate of drug-likeness (QED) is 0.417. The zero-order valence-corrected chi connectivity index (χ0v) is 22.4. The number of carbonyl (C=O) groups excluding carboxylic acids is 1. The molecule has 1 aromatic heterocycles. The molecule has 3 aromatic carbocycles. The fraction of sp³-hybridized carbons (Fsp3) is 0.281. The van der Waals surface area contributed by atoms with Gasteiger partial charge in [0.2, 0.25) is 0 Å². The Morgan fingerprint density at radius 2 is 1.32 bits per heavy atom. The number of aromatic amines is 1. The Morgan fingerprint density at radius 1 is 0.750 bits per heavy atom. The number of fused-ring (bicyclic) bond motifs is 1. The summed E-state index contributed by atoms with van der Waals surface area (Å²) < 4.78 is 0. The molecule has 2 aliphatic heterocycles. The Labute approximate surface area is 234 Å². The van der Waals surface area contributed by atoms with E-state index >= 15 is 0 Å². The van der Waals surface area contributed by atoms with E-state index in [-0.39, 0.29) is 5.91 Å². The average Bonchev–Trinajstić information content (AvgIpc) is 3.49. The molecular formula is C32H31N7O. The molecule has 0 radical (unpaired) electrons. The summed E-state index contributed by atoms with van der Waals surface area (Å²) in [6, 6.07) is 26.2. The van der Waals surface area contributed by atoms with Crippen LogP contribution >= 0.6 is 0 Å². The summed E-state index contributed by atoms with van der Waals surface area (Å²) >= 11 is 0. The third-order valence-corrected chi connectivity index (χ3v) is 8.03. The van der Waals surface area contributed by atoms with Crippen molar-refractivity contribution >= 4 is 28.2 Å². The normalized spacial score (nSPS) is 16.1. The number of anilines is 2. The number of amides is 1. The Balaban J connectivity index is 1.14. The standard InChI is InChI=1S/C32H31N7O/c33-21-25-5-1-3-7-30(25)37-13-11-36(12-14-37)23-24-19-28(27-9-10-35-29(27)20-24)32(40)39-17-15-38(16-18-39)31-8-4-2-6-26(31)22-34/h1-10,19-20,35H,11-18,23H2. The average molecular weight is 530 g/mol. The number of H-pyrrole nitrogens is 1. The molecule has 40 heavy (non-hydrogen) atoms.